The molecule has 2 rings (SSSR count). The summed E-state index contributed by atoms with van der Waals surface area (Å²) in [7, 11) is 1.66. The van der Waals surface area contributed by atoms with Gasteiger partial charge in [0, 0.05) is 24.7 Å². The lowest BCUT2D eigenvalue weighted by Crippen LogP contribution is -2.28. The van der Waals surface area contributed by atoms with Crippen molar-refractivity contribution < 1.29 is 9.53 Å². The van der Waals surface area contributed by atoms with Gasteiger partial charge in [-0.05, 0) is 29.5 Å². The van der Waals surface area contributed by atoms with Crippen LogP contribution in [0.4, 0.5) is 10.6 Å². The van der Waals surface area contributed by atoms with Gasteiger partial charge in [0.1, 0.15) is 5.82 Å². The maximum Gasteiger partial charge on any atom is 0.320 e. The Morgan fingerprint density at radius 2 is 2.09 bits per heavy atom. The van der Waals surface area contributed by atoms with Crippen LogP contribution in [0.15, 0.2) is 47.5 Å². The van der Waals surface area contributed by atoms with E-state index in [0.717, 1.165) is 16.0 Å². The third kappa shape index (κ3) is 5.05. The highest BCUT2D eigenvalue weighted by atomic mass is 32.2. The molecule has 2 N–H and O–H groups in total. The van der Waals surface area contributed by atoms with E-state index in [9.17, 15) is 4.79 Å². The highest BCUT2D eigenvalue weighted by Crippen LogP contribution is 2.14. The van der Waals surface area contributed by atoms with E-state index >= 15 is 0 Å². The fraction of sp³-hybridized carbons (Fsp3) is 0.250. The van der Waals surface area contributed by atoms with Crippen molar-refractivity contribution >= 4 is 23.6 Å². The van der Waals surface area contributed by atoms with Gasteiger partial charge in [0.05, 0.1) is 6.61 Å². The SMILES string of the molecule is COCc1cccc(CNC(=O)Nc2ccc(SC)cn2)c1. The molecule has 0 aliphatic carbocycles. The second-order valence-electron chi connectivity index (χ2n) is 4.64. The molecule has 0 aliphatic heterocycles. The van der Waals surface area contributed by atoms with Gasteiger partial charge >= 0.3 is 6.03 Å². The number of carbonyl (C=O) groups excluding carboxylic acids is 1. The second-order valence-corrected chi connectivity index (χ2v) is 5.52. The molecule has 22 heavy (non-hydrogen) atoms. The van der Waals surface area contributed by atoms with E-state index in [1.54, 1.807) is 31.1 Å². The largest absolute Gasteiger partial charge is 0.380 e. The molecule has 2 aromatic rings. The summed E-state index contributed by atoms with van der Waals surface area (Å²) in [4.78, 5) is 17.1. The van der Waals surface area contributed by atoms with E-state index in [1.807, 2.05) is 36.6 Å². The Balaban J connectivity index is 1.85. The van der Waals surface area contributed by atoms with Crippen molar-refractivity contribution in [2.75, 3.05) is 18.7 Å². The minimum atomic E-state index is -0.276. The smallest absolute Gasteiger partial charge is 0.320 e. The first-order chi connectivity index (χ1) is 10.7. The average molecular weight is 317 g/mol. The highest BCUT2D eigenvalue weighted by molar-refractivity contribution is 7.98. The number of anilines is 1. The number of urea groups is 1. The van der Waals surface area contributed by atoms with Crippen LogP contribution in [0.2, 0.25) is 0 Å². The summed E-state index contributed by atoms with van der Waals surface area (Å²) in [6, 6.07) is 11.3. The number of pyridine rings is 1. The minimum absolute atomic E-state index is 0.276. The van der Waals surface area contributed by atoms with Crippen molar-refractivity contribution in [1.29, 1.82) is 0 Å². The van der Waals surface area contributed by atoms with Gasteiger partial charge < -0.3 is 10.1 Å². The molecule has 1 aromatic carbocycles. The van der Waals surface area contributed by atoms with Crippen LogP contribution in [0.25, 0.3) is 0 Å². The summed E-state index contributed by atoms with van der Waals surface area (Å²) in [5.41, 5.74) is 2.10. The van der Waals surface area contributed by atoms with Gasteiger partial charge in [0.2, 0.25) is 0 Å². The topological polar surface area (TPSA) is 63.2 Å². The predicted octanol–water partition coefficient (Wildman–Crippen LogP) is 3.27. The standard InChI is InChI=1S/C16H19N3O2S/c1-21-11-13-5-3-4-12(8-13)9-18-16(20)19-15-7-6-14(22-2)10-17-15/h3-8,10H,9,11H2,1-2H3,(H2,17,18,19,20). The molecular weight excluding hydrogens is 298 g/mol. The van der Waals surface area contributed by atoms with E-state index < -0.39 is 0 Å². The molecule has 2 amide bonds. The number of nitrogens with one attached hydrogen (secondary N) is 2. The maximum absolute atomic E-state index is 11.9. The number of hydrogen-bond acceptors (Lipinski definition) is 4. The number of rotatable bonds is 6. The van der Waals surface area contributed by atoms with Crippen LogP contribution in [0.5, 0.6) is 0 Å². The number of nitrogens with zero attached hydrogens (tertiary/aromatic N) is 1. The molecule has 0 spiro atoms. The molecule has 0 radical (unpaired) electrons. The number of amides is 2. The second kappa shape index (κ2) is 8.41. The first-order valence-corrected chi connectivity index (χ1v) is 8.05. The molecule has 0 unspecified atom stereocenters. The minimum Gasteiger partial charge on any atom is -0.380 e. The maximum atomic E-state index is 11.9. The molecule has 1 heterocycles. The Labute approximate surface area is 134 Å². The molecule has 116 valence electrons. The zero-order valence-corrected chi connectivity index (χ0v) is 13.4. The zero-order chi connectivity index (χ0) is 15.8. The third-order valence-corrected chi connectivity index (χ3v) is 3.68. The van der Waals surface area contributed by atoms with E-state index in [2.05, 4.69) is 15.6 Å². The molecular formula is C16H19N3O2S. The number of methoxy groups -OCH3 is 1. The van der Waals surface area contributed by atoms with Crippen LogP contribution in [0, 0.1) is 0 Å². The first-order valence-electron chi connectivity index (χ1n) is 6.83. The number of thioether (sulfide) groups is 1. The van der Waals surface area contributed by atoms with Crippen molar-refractivity contribution in [3.8, 4) is 0 Å². The molecule has 0 saturated heterocycles. The number of hydrogen-bond donors (Lipinski definition) is 2. The van der Waals surface area contributed by atoms with Gasteiger partial charge in [-0.1, -0.05) is 24.3 Å². The summed E-state index contributed by atoms with van der Waals surface area (Å²) >= 11 is 1.61. The van der Waals surface area contributed by atoms with Crippen molar-refractivity contribution in [2.45, 2.75) is 18.0 Å². The lowest BCUT2D eigenvalue weighted by molar-refractivity contribution is 0.185. The van der Waals surface area contributed by atoms with Gasteiger partial charge in [-0.2, -0.15) is 0 Å². The Morgan fingerprint density at radius 3 is 2.77 bits per heavy atom. The Morgan fingerprint density at radius 1 is 1.27 bits per heavy atom. The highest BCUT2D eigenvalue weighted by Gasteiger charge is 2.03. The molecule has 0 saturated carbocycles. The van der Waals surface area contributed by atoms with Crippen LogP contribution in [-0.2, 0) is 17.9 Å². The number of ether oxygens (including phenoxy) is 1. The molecule has 6 heteroatoms. The van der Waals surface area contributed by atoms with Gasteiger partial charge in [0.25, 0.3) is 0 Å². The van der Waals surface area contributed by atoms with Crippen LogP contribution in [-0.4, -0.2) is 24.4 Å². The summed E-state index contributed by atoms with van der Waals surface area (Å²) < 4.78 is 5.10. The Kier molecular flexibility index (Phi) is 6.24. The monoisotopic (exact) mass is 317 g/mol. The quantitative estimate of drug-likeness (QED) is 0.803. The van der Waals surface area contributed by atoms with Crippen LogP contribution < -0.4 is 10.6 Å². The summed E-state index contributed by atoms with van der Waals surface area (Å²) in [5.74, 6) is 0.531. The number of benzene rings is 1. The summed E-state index contributed by atoms with van der Waals surface area (Å²) in [6.07, 6.45) is 3.71. The van der Waals surface area contributed by atoms with Crippen LogP contribution in [0.1, 0.15) is 11.1 Å². The lowest BCUT2D eigenvalue weighted by atomic mass is 10.1. The third-order valence-electron chi connectivity index (χ3n) is 2.97. The fourth-order valence-electron chi connectivity index (χ4n) is 1.91. The van der Waals surface area contributed by atoms with E-state index in [4.69, 9.17) is 4.74 Å². The van der Waals surface area contributed by atoms with Gasteiger partial charge in [-0.15, -0.1) is 11.8 Å². The van der Waals surface area contributed by atoms with Gasteiger partial charge in [-0.25, -0.2) is 9.78 Å². The van der Waals surface area contributed by atoms with E-state index in [0.29, 0.717) is 19.0 Å². The lowest BCUT2D eigenvalue weighted by Gasteiger charge is -2.08. The van der Waals surface area contributed by atoms with E-state index in [-0.39, 0.29) is 6.03 Å². The number of carbonyl (C=O) groups is 1. The first kappa shape index (κ1) is 16.3. The Hall–Kier alpha value is -2.05. The molecule has 1 aromatic heterocycles. The van der Waals surface area contributed by atoms with Crippen molar-refractivity contribution in [3.05, 3.63) is 53.7 Å². The molecule has 5 nitrogen and oxygen atoms in total. The fourth-order valence-corrected chi connectivity index (χ4v) is 2.28. The number of aromatic nitrogens is 1. The average Bonchev–Trinajstić information content (AvgIpc) is 2.54. The molecule has 0 aliphatic rings. The van der Waals surface area contributed by atoms with Gasteiger partial charge in [-0.3, -0.25) is 5.32 Å². The molecule has 0 fully saturated rings. The van der Waals surface area contributed by atoms with Crippen LogP contribution >= 0.6 is 11.8 Å². The van der Waals surface area contributed by atoms with E-state index in [1.165, 1.54) is 0 Å². The molecule has 0 bridgehead atoms. The molecule has 0 atom stereocenters. The van der Waals surface area contributed by atoms with Crippen molar-refractivity contribution in [1.82, 2.24) is 10.3 Å². The van der Waals surface area contributed by atoms with Crippen LogP contribution in [0.3, 0.4) is 0 Å². The van der Waals surface area contributed by atoms with Gasteiger partial charge in [0.15, 0.2) is 0 Å². The zero-order valence-electron chi connectivity index (χ0n) is 12.6. The summed E-state index contributed by atoms with van der Waals surface area (Å²) in [6.45, 7) is 1.01. The predicted molar refractivity (Wildman–Crippen MR) is 89.0 cm³/mol. The Bertz CT molecular complexity index is 617. The van der Waals surface area contributed by atoms with Crippen molar-refractivity contribution in [2.24, 2.45) is 0 Å². The van der Waals surface area contributed by atoms with Crippen molar-refractivity contribution in [3.63, 3.8) is 0 Å². The summed E-state index contributed by atoms with van der Waals surface area (Å²) in [5, 5.41) is 5.52. The normalized spacial score (nSPS) is 10.3.